The molecule has 0 atom stereocenters. The summed E-state index contributed by atoms with van der Waals surface area (Å²) < 4.78 is 5.63. The van der Waals surface area contributed by atoms with Crippen molar-refractivity contribution in [1.82, 2.24) is 9.97 Å². The third kappa shape index (κ3) is 3.20. The second kappa shape index (κ2) is 5.67. The van der Waals surface area contributed by atoms with Crippen LogP contribution in [0.2, 0.25) is 5.28 Å². The molecule has 2 N–H and O–H groups in total. The van der Waals surface area contributed by atoms with Gasteiger partial charge in [0.25, 0.3) is 0 Å². The van der Waals surface area contributed by atoms with Gasteiger partial charge in [-0.1, -0.05) is 32.9 Å². The highest BCUT2D eigenvalue weighted by Gasteiger charge is 2.17. The lowest BCUT2D eigenvalue weighted by Gasteiger charge is -2.23. The third-order valence-electron chi connectivity index (χ3n) is 3.49. The van der Waals surface area contributed by atoms with Gasteiger partial charge in [-0.25, -0.2) is 4.98 Å². The maximum absolute atomic E-state index is 5.75. The highest BCUT2D eigenvalue weighted by atomic mass is 35.5. The average Bonchev–Trinajstić information content (AvgIpc) is 2.43. The number of hydrogen-bond donors (Lipinski definition) is 1. The summed E-state index contributed by atoms with van der Waals surface area (Å²) in [7, 11) is 0. The number of rotatable bonds is 4. The number of anilines is 1. The van der Waals surface area contributed by atoms with Gasteiger partial charge in [0.05, 0.1) is 6.20 Å². The van der Waals surface area contributed by atoms with Crippen LogP contribution >= 0.6 is 11.6 Å². The quantitative estimate of drug-likeness (QED) is 0.858. The summed E-state index contributed by atoms with van der Waals surface area (Å²) in [6.07, 6.45) is 2.50. The molecule has 0 fully saturated rings. The van der Waals surface area contributed by atoms with Crippen molar-refractivity contribution in [2.75, 3.05) is 5.73 Å². The Morgan fingerprint density at radius 2 is 1.90 bits per heavy atom. The van der Waals surface area contributed by atoms with Crippen LogP contribution in [0.1, 0.15) is 32.8 Å². The molecule has 106 valence electrons. The number of nitrogens with zero attached hydrogens (tertiary/aromatic N) is 2. The van der Waals surface area contributed by atoms with Crippen molar-refractivity contribution in [3.8, 4) is 11.6 Å². The third-order valence-corrected chi connectivity index (χ3v) is 3.67. The van der Waals surface area contributed by atoms with Crippen LogP contribution in [0.4, 0.5) is 5.69 Å². The molecule has 0 unspecified atom stereocenters. The number of nitrogens with two attached hydrogens (primary N) is 1. The molecule has 0 spiro atoms. The van der Waals surface area contributed by atoms with Gasteiger partial charge >= 0.3 is 0 Å². The first-order chi connectivity index (χ1) is 9.42. The summed E-state index contributed by atoms with van der Waals surface area (Å²) in [5.41, 5.74) is 7.52. The second-order valence-corrected chi connectivity index (χ2v) is 5.60. The monoisotopic (exact) mass is 291 g/mol. The Morgan fingerprint density at radius 1 is 1.25 bits per heavy atom. The Bertz CT molecular complexity index is 597. The van der Waals surface area contributed by atoms with E-state index in [4.69, 9.17) is 22.1 Å². The molecule has 0 saturated heterocycles. The Kier molecular flexibility index (Phi) is 4.14. The average molecular weight is 292 g/mol. The normalized spacial score (nSPS) is 11.4. The predicted octanol–water partition coefficient (Wildman–Crippen LogP) is 4.19. The summed E-state index contributed by atoms with van der Waals surface area (Å²) >= 11 is 5.73. The van der Waals surface area contributed by atoms with Crippen LogP contribution < -0.4 is 10.5 Å². The number of halogens is 1. The van der Waals surface area contributed by atoms with Crippen molar-refractivity contribution in [2.24, 2.45) is 0 Å². The van der Waals surface area contributed by atoms with E-state index in [1.165, 1.54) is 11.8 Å². The molecule has 2 aromatic rings. The summed E-state index contributed by atoms with van der Waals surface area (Å²) in [6, 6.07) is 7.92. The van der Waals surface area contributed by atoms with Gasteiger partial charge in [-0.15, -0.1) is 0 Å². The van der Waals surface area contributed by atoms with E-state index in [0.717, 1.165) is 6.42 Å². The van der Waals surface area contributed by atoms with E-state index in [9.17, 15) is 0 Å². The Hall–Kier alpha value is -1.81. The lowest BCUT2D eigenvalue weighted by molar-refractivity contribution is 0.462. The van der Waals surface area contributed by atoms with E-state index < -0.39 is 0 Å². The molecule has 4 nitrogen and oxygen atoms in total. The fraction of sp³-hybridized carbons (Fsp3) is 0.333. The van der Waals surface area contributed by atoms with Gasteiger partial charge < -0.3 is 10.5 Å². The molecule has 1 heterocycles. The van der Waals surface area contributed by atoms with Crippen LogP contribution in [0.15, 0.2) is 30.5 Å². The van der Waals surface area contributed by atoms with E-state index >= 15 is 0 Å². The molecule has 5 heteroatoms. The SMILES string of the molecule is CCC(C)(C)c1ccc(Oc2nc(Cl)ncc2N)cc1. The molecule has 0 radical (unpaired) electrons. The van der Waals surface area contributed by atoms with Gasteiger partial charge in [0.2, 0.25) is 11.2 Å². The van der Waals surface area contributed by atoms with Crippen molar-refractivity contribution in [3.63, 3.8) is 0 Å². The van der Waals surface area contributed by atoms with Crippen molar-refractivity contribution >= 4 is 17.3 Å². The molecular formula is C15H18ClN3O. The van der Waals surface area contributed by atoms with Gasteiger partial charge in [0.1, 0.15) is 11.4 Å². The zero-order chi connectivity index (χ0) is 14.8. The van der Waals surface area contributed by atoms with Crippen molar-refractivity contribution < 1.29 is 4.74 Å². The number of hydrogen-bond acceptors (Lipinski definition) is 4. The minimum atomic E-state index is 0.109. The van der Waals surface area contributed by atoms with Crippen LogP contribution in [0, 0.1) is 0 Å². The fourth-order valence-electron chi connectivity index (χ4n) is 1.73. The van der Waals surface area contributed by atoms with E-state index in [1.54, 1.807) is 0 Å². The number of aromatic nitrogens is 2. The maximum Gasteiger partial charge on any atom is 0.247 e. The second-order valence-electron chi connectivity index (χ2n) is 5.26. The zero-order valence-electron chi connectivity index (χ0n) is 11.9. The van der Waals surface area contributed by atoms with Crippen LogP contribution in [0.25, 0.3) is 0 Å². The molecule has 0 saturated carbocycles. The maximum atomic E-state index is 5.75. The summed E-state index contributed by atoms with van der Waals surface area (Å²) in [6.45, 7) is 6.60. The van der Waals surface area contributed by atoms with E-state index in [1.807, 2.05) is 12.1 Å². The fourth-order valence-corrected chi connectivity index (χ4v) is 1.85. The van der Waals surface area contributed by atoms with Crippen LogP contribution in [-0.2, 0) is 5.41 Å². The van der Waals surface area contributed by atoms with Crippen LogP contribution in [0.5, 0.6) is 11.6 Å². The lowest BCUT2D eigenvalue weighted by atomic mass is 9.82. The van der Waals surface area contributed by atoms with Gasteiger partial charge in [0.15, 0.2) is 0 Å². The Morgan fingerprint density at radius 3 is 2.50 bits per heavy atom. The summed E-state index contributed by atoms with van der Waals surface area (Å²) in [5, 5.41) is 0.109. The minimum Gasteiger partial charge on any atom is -0.437 e. The molecule has 0 aliphatic carbocycles. The first kappa shape index (κ1) is 14.6. The van der Waals surface area contributed by atoms with Crippen LogP contribution in [-0.4, -0.2) is 9.97 Å². The molecule has 2 rings (SSSR count). The van der Waals surface area contributed by atoms with Gasteiger partial charge in [-0.05, 0) is 41.1 Å². The molecule has 0 aliphatic heterocycles. The largest absolute Gasteiger partial charge is 0.437 e. The zero-order valence-corrected chi connectivity index (χ0v) is 12.6. The van der Waals surface area contributed by atoms with E-state index in [0.29, 0.717) is 11.4 Å². The first-order valence-corrected chi connectivity index (χ1v) is 6.86. The van der Waals surface area contributed by atoms with Gasteiger partial charge in [0, 0.05) is 0 Å². The standard InChI is InChI=1S/C15H18ClN3O/c1-4-15(2,3)10-5-7-11(8-6-10)20-13-12(17)9-18-14(16)19-13/h5-9H,4,17H2,1-3H3. The molecule has 0 bridgehead atoms. The smallest absolute Gasteiger partial charge is 0.247 e. The van der Waals surface area contributed by atoms with Gasteiger partial charge in [-0.3, -0.25) is 0 Å². The Labute approximate surface area is 124 Å². The number of ether oxygens (including phenoxy) is 1. The molecule has 0 aliphatic rings. The van der Waals surface area contributed by atoms with E-state index in [2.05, 4.69) is 42.9 Å². The highest BCUT2D eigenvalue weighted by molar-refractivity contribution is 6.28. The molecule has 20 heavy (non-hydrogen) atoms. The topological polar surface area (TPSA) is 61.0 Å². The first-order valence-electron chi connectivity index (χ1n) is 6.49. The molecular weight excluding hydrogens is 274 g/mol. The molecule has 1 aromatic carbocycles. The van der Waals surface area contributed by atoms with Crippen molar-refractivity contribution in [2.45, 2.75) is 32.6 Å². The highest BCUT2D eigenvalue weighted by Crippen LogP contribution is 2.30. The summed E-state index contributed by atoms with van der Waals surface area (Å²) in [5.74, 6) is 0.939. The van der Waals surface area contributed by atoms with Crippen molar-refractivity contribution in [1.29, 1.82) is 0 Å². The Balaban J connectivity index is 2.21. The number of nitrogen functional groups attached to an aromatic ring is 1. The van der Waals surface area contributed by atoms with Crippen molar-refractivity contribution in [3.05, 3.63) is 41.3 Å². The molecule has 1 aromatic heterocycles. The van der Waals surface area contributed by atoms with Crippen LogP contribution in [0.3, 0.4) is 0 Å². The number of benzene rings is 1. The summed E-state index contributed by atoms with van der Waals surface area (Å²) in [4.78, 5) is 7.75. The predicted molar refractivity (Wildman–Crippen MR) is 81.3 cm³/mol. The van der Waals surface area contributed by atoms with Gasteiger partial charge in [-0.2, -0.15) is 4.98 Å². The molecule has 0 amide bonds. The van der Waals surface area contributed by atoms with E-state index in [-0.39, 0.29) is 16.6 Å². The lowest BCUT2D eigenvalue weighted by Crippen LogP contribution is -2.14. The minimum absolute atomic E-state index is 0.109.